The number of hydrogen-bond acceptors (Lipinski definition) is 9. The average Bonchev–Trinajstić information content (AvgIpc) is 3.14. The molecule has 0 unspecified atom stereocenters. The van der Waals surface area contributed by atoms with Gasteiger partial charge < -0.3 is 42.4 Å². The average molecular weight is 722 g/mol. The minimum Gasteiger partial charge on any atom is -0.468 e. The number of urea groups is 1. The molecule has 13 nitrogen and oxygen atoms in total. The van der Waals surface area contributed by atoms with Crippen molar-refractivity contribution < 1.29 is 28.7 Å². The van der Waals surface area contributed by atoms with Crippen LogP contribution >= 0.6 is 0 Å². The molecule has 0 radical (unpaired) electrons. The minimum absolute atomic E-state index is 0.0480. The smallest absolute Gasteiger partial charge is 0.325 e. The highest BCUT2D eigenvalue weighted by Gasteiger charge is 2.41. The molecule has 8 N–H and O–H groups in total. The molecule has 0 aromatic heterocycles. The van der Waals surface area contributed by atoms with E-state index in [2.05, 4.69) is 10.6 Å². The van der Waals surface area contributed by atoms with Crippen molar-refractivity contribution in [3.05, 3.63) is 71.8 Å². The number of benzene rings is 2. The molecule has 52 heavy (non-hydrogen) atoms. The number of Topliss-reactive ketones (excluding diaryl/α,β-unsaturated/α-hetero) is 1. The number of unbranched alkanes of at least 4 members (excludes halogenated alkanes) is 1. The highest BCUT2D eigenvalue weighted by molar-refractivity contribution is 5.95. The summed E-state index contributed by atoms with van der Waals surface area (Å²) in [6.07, 6.45) is 2.80. The van der Waals surface area contributed by atoms with Gasteiger partial charge in [-0.25, -0.2) is 4.79 Å². The second kappa shape index (κ2) is 21.3. The topological polar surface area (TPSA) is 203 Å². The first-order chi connectivity index (χ1) is 24.9. The number of ether oxygens (including phenoxy) is 1. The van der Waals surface area contributed by atoms with E-state index in [4.69, 9.17) is 21.9 Å². The molecule has 13 heteroatoms. The lowest BCUT2D eigenvalue weighted by Gasteiger charge is -2.38. The van der Waals surface area contributed by atoms with Gasteiger partial charge in [-0.1, -0.05) is 80.9 Å². The number of amides is 4. The van der Waals surface area contributed by atoms with Crippen molar-refractivity contribution in [1.29, 1.82) is 0 Å². The predicted octanol–water partition coefficient (Wildman–Crippen LogP) is 2.50. The van der Waals surface area contributed by atoms with E-state index >= 15 is 0 Å². The molecule has 2 aromatic carbocycles. The van der Waals surface area contributed by atoms with E-state index in [1.807, 2.05) is 74.5 Å². The Balaban J connectivity index is 1.80. The number of carbonyl (C=O) groups excluding carboxylic acids is 5. The van der Waals surface area contributed by atoms with Crippen LogP contribution in [0.25, 0.3) is 0 Å². The second-order valence-electron chi connectivity index (χ2n) is 14.2. The molecule has 4 amide bonds. The highest BCUT2D eigenvalue weighted by atomic mass is 16.5. The number of rotatable bonds is 20. The number of ketones is 1. The number of nitrogens with two attached hydrogens (primary N) is 3. The maximum absolute atomic E-state index is 14.1. The normalized spacial score (nSPS) is 15.6. The van der Waals surface area contributed by atoms with Crippen molar-refractivity contribution in [1.82, 2.24) is 20.4 Å². The fourth-order valence-corrected chi connectivity index (χ4v) is 6.55. The molecule has 1 fully saturated rings. The minimum atomic E-state index is -1.16. The molecule has 2 aromatic rings. The number of likely N-dealkylation sites (tertiary alicyclic amines) is 1. The zero-order valence-corrected chi connectivity index (χ0v) is 31.1. The monoisotopic (exact) mass is 721 g/mol. The van der Waals surface area contributed by atoms with Crippen LogP contribution in [-0.2, 0) is 36.9 Å². The Morgan fingerprint density at radius 3 is 2.04 bits per heavy atom. The van der Waals surface area contributed by atoms with Gasteiger partial charge in [0.05, 0.1) is 13.2 Å². The van der Waals surface area contributed by atoms with E-state index in [0.717, 1.165) is 11.1 Å². The third kappa shape index (κ3) is 13.0. The molecule has 0 aliphatic carbocycles. The van der Waals surface area contributed by atoms with Crippen molar-refractivity contribution >= 4 is 29.6 Å². The van der Waals surface area contributed by atoms with Crippen LogP contribution in [0.2, 0.25) is 0 Å². The molecule has 286 valence electrons. The summed E-state index contributed by atoms with van der Waals surface area (Å²) in [7, 11) is 1.29. The Hall–Kier alpha value is -4.33. The lowest BCUT2D eigenvalue weighted by Crippen LogP contribution is -2.57. The van der Waals surface area contributed by atoms with Crippen LogP contribution in [0.4, 0.5) is 4.79 Å². The fourth-order valence-electron chi connectivity index (χ4n) is 6.55. The summed E-state index contributed by atoms with van der Waals surface area (Å²) >= 11 is 0. The van der Waals surface area contributed by atoms with Gasteiger partial charge in [0.2, 0.25) is 11.8 Å². The van der Waals surface area contributed by atoms with Gasteiger partial charge in [-0.05, 0) is 55.7 Å². The number of nitrogens with zero attached hydrogens (tertiary/aromatic N) is 2. The zero-order valence-electron chi connectivity index (χ0n) is 31.1. The molecule has 1 aliphatic rings. The van der Waals surface area contributed by atoms with Crippen molar-refractivity contribution in [3.8, 4) is 0 Å². The summed E-state index contributed by atoms with van der Waals surface area (Å²) in [5.74, 6) is -2.02. The third-order valence-electron chi connectivity index (χ3n) is 9.57. The van der Waals surface area contributed by atoms with Crippen LogP contribution < -0.4 is 27.8 Å². The summed E-state index contributed by atoms with van der Waals surface area (Å²) < 4.78 is 4.87. The first-order valence-electron chi connectivity index (χ1n) is 18.4. The van der Waals surface area contributed by atoms with E-state index in [-0.39, 0.29) is 69.5 Å². The summed E-state index contributed by atoms with van der Waals surface area (Å²) in [6, 6.07) is 16.6. The third-order valence-corrected chi connectivity index (χ3v) is 9.57. The van der Waals surface area contributed by atoms with Gasteiger partial charge in [-0.2, -0.15) is 0 Å². The van der Waals surface area contributed by atoms with Gasteiger partial charge in [-0.15, -0.1) is 0 Å². The van der Waals surface area contributed by atoms with Crippen LogP contribution in [0.5, 0.6) is 0 Å². The van der Waals surface area contributed by atoms with Gasteiger partial charge >= 0.3 is 12.0 Å². The Bertz CT molecular complexity index is 1430. The summed E-state index contributed by atoms with van der Waals surface area (Å²) in [5, 5.41) is 5.87. The summed E-state index contributed by atoms with van der Waals surface area (Å²) in [5.41, 5.74) is 18.5. The Kier molecular flexibility index (Phi) is 17.2. The maximum atomic E-state index is 14.1. The van der Waals surface area contributed by atoms with E-state index in [1.54, 1.807) is 9.80 Å². The Labute approximate surface area is 308 Å². The van der Waals surface area contributed by atoms with E-state index in [0.29, 0.717) is 38.8 Å². The van der Waals surface area contributed by atoms with Crippen LogP contribution in [-0.4, -0.2) is 96.9 Å². The number of hydrogen-bond donors (Lipinski definition) is 5. The molecular weight excluding hydrogens is 662 g/mol. The Morgan fingerprint density at radius 2 is 1.48 bits per heavy atom. The SMILES string of the molecule is COC(=O)C1(N)CCN(C(=O)[C@@H](CCCCN)CC(=O)[C@@H](CC(C)C)NC(=O)[C@@H](Cc2ccccc2)NC(=O)N(CCN)Cc2ccccc2)CC1. The maximum Gasteiger partial charge on any atom is 0.325 e. The van der Waals surface area contributed by atoms with Crippen LogP contribution in [0, 0.1) is 11.8 Å². The number of carbonyl (C=O) groups is 5. The van der Waals surface area contributed by atoms with Crippen LogP contribution in [0.1, 0.15) is 69.9 Å². The number of methoxy groups -OCH3 is 1. The van der Waals surface area contributed by atoms with Gasteiger partial charge in [0.1, 0.15) is 11.6 Å². The molecule has 3 atom stereocenters. The quantitative estimate of drug-likeness (QED) is 0.101. The van der Waals surface area contributed by atoms with E-state index < -0.39 is 41.4 Å². The fraction of sp³-hybridized carbons (Fsp3) is 0.564. The molecule has 1 saturated heterocycles. The highest BCUT2D eigenvalue weighted by Crippen LogP contribution is 2.26. The second-order valence-corrected chi connectivity index (χ2v) is 14.2. The molecule has 1 aliphatic heterocycles. The number of esters is 1. The molecule has 0 saturated carbocycles. The molecule has 3 rings (SSSR count). The van der Waals surface area contributed by atoms with Gasteiger partial charge in [0.15, 0.2) is 5.78 Å². The zero-order chi connectivity index (χ0) is 38.1. The lowest BCUT2D eigenvalue weighted by atomic mass is 9.86. The van der Waals surface area contributed by atoms with Crippen molar-refractivity contribution in [3.63, 3.8) is 0 Å². The van der Waals surface area contributed by atoms with Gasteiger partial charge in [0, 0.05) is 51.5 Å². The van der Waals surface area contributed by atoms with Crippen LogP contribution in [0.15, 0.2) is 60.7 Å². The molecule has 0 bridgehead atoms. The van der Waals surface area contributed by atoms with Crippen molar-refractivity contribution in [2.24, 2.45) is 29.0 Å². The molecular formula is C39H59N7O6. The van der Waals surface area contributed by atoms with Crippen LogP contribution in [0.3, 0.4) is 0 Å². The lowest BCUT2D eigenvalue weighted by molar-refractivity contribution is -0.151. The van der Waals surface area contributed by atoms with Crippen molar-refractivity contribution in [2.45, 2.75) is 89.4 Å². The number of piperidine rings is 1. The van der Waals surface area contributed by atoms with Gasteiger partial charge in [-0.3, -0.25) is 19.2 Å². The predicted molar refractivity (Wildman–Crippen MR) is 201 cm³/mol. The van der Waals surface area contributed by atoms with Crippen molar-refractivity contribution in [2.75, 3.05) is 39.8 Å². The van der Waals surface area contributed by atoms with E-state index in [1.165, 1.54) is 7.11 Å². The Morgan fingerprint density at radius 1 is 0.865 bits per heavy atom. The largest absolute Gasteiger partial charge is 0.468 e. The summed E-state index contributed by atoms with van der Waals surface area (Å²) in [4.78, 5) is 71.1. The molecule has 0 spiro atoms. The first kappa shape index (κ1) is 42.1. The van der Waals surface area contributed by atoms with E-state index in [9.17, 15) is 24.0 Å². The summed E-state index contributed by atoms with van der Waals surface area (Å²) in [6.45, 7) is 5.74. The van der Waals surface area contributed by atoms with Gasteiger partial charge in [0.25, 0.3) is 0 Å². The first-order valence-corrected chi connectivity index (χ1v) is 18.4. The standard InChI is InChI=1S/C39H59N7O6/c1-28(2)24-32(34(47)26-31(16-10-11-19-40)36(49)45-21-17-39(42,18-22-45)37(50)52-3)43-35(48)33(25-29-12-6-4-7-13-29)44-38(51)46(23-20-41)27-30-14-8-5-9-15-30/h4-9,12-15,28,31-33H,10-11,16-27,40-42H2,1-3H3,(H,43,48)(H,44,51)/t31-,32+,33+/m0/s1. The number of nitrogens with one attached hydrogen (secondary N) is 2. The molecule has 1 heterocycles.